The van der Waals surface area contributed by atoms with Gasteiger partial charge in [0.05, 0.1) is 20.0 Å². The Morgan fingerprint density at radius 3 is 2.18 bits per heavy atom. The van der Waals surface area contributed by atoms with Crippen LogP contribution in [0.25, 0.3) is 0 Å². The number of thioether (sulfide) groups is 1. The van der Waals surface area contributed by atoms with E-state index in [0.29, 0.717) is 17.2 Å². The maximum atomic E-state index is 12.0. The molecule has 0 radical (unpaired) electrons. The molecule has 0 saturated heterocycles. The summed E-state index contributed by atoms with van der Waals surface area (Å²) < 4.78 is 16.8. The van der Waals surface area contributed by atoms with Crippen molar-refractivity contribution in [2.75, 3.05) is 20.0 Å². The van der Waals surface area contributed by atoms with Crippen LogP contribution in [0.15, 0.2) is 51.8 Å². The van der Waals surface area contributed by atoms with Crippen LogP contribution in [0.4, 0.5) is 0 Å². The van der Waals surface area contributed by atoms with E-state index >= 15 is 0 Å². The smallest absolute Gasteiger partial charge is 0.321 e. The van der Waals surface area contributed by atoms with Crippen molar-refractivity contribution < 1.29 is 19.0 Å². The van der Waals surface area contributed by atoms with E-state index in [2.05, 4.69) is 15.9 Å². The molecule has 0 unspecified atom stereocenters. The second-order valence-electron chi connectivity index (χ2n) is 4.21. The van der Waals surface area contributed by atoms with Crippen molar-refractivity contribution in [2.45, 2.75) is 4.90 Å². The van der Waals surface area contributed by atoms with E-state index in [1.165, 1.54) is 26.0 Å². The van der Waals surface area contributed by atoms with Crippen LogP contribution in [0.3, 0.4) is 0 Å². The predicted octanol–water partition coefficient (Wildman–Crippen LogP) is 4.16. The summed E-state index contributed by atoms with van der Waals surface area (Å²) in [6, 6.07) is 12.9. The van der Waals surface area contributed by atoms with Gasteiger partial charge in [-0.25, -0.2) is 0 Å². The second-order valence-corrected chi connectivity index (χ2v) is 6.17. The third-order valence-corrected chi connectivity index (χ3v) is 4.28. The minimum absolute atomic E-state index is 0.197. The molecule has 6 heteroatoms. The topological polar surface area (TPSA) is 44.8 Å². The highest BCUT2D eigenvalue weighted by molar-refractivity contribution is 9.10. The highest BCUT2D eigenvalue weighted by Crippen LogP contribution is 2.37. The van der Waals surface area contributed by atoms with Gasteiger partial charge in [-0.2, -0.15) is 0 Å². The fourth-order valence-corrected chi connectivity index (χ4v) is 2.67. The van der Waals surface area contributed by atoms with E-state index in [1.54, 1.807) is 18.2 Å². The molecule has 0 atom stereocenters. The molecular formula is C16H15BrO4S. The van der Waals surface area contributed by atoms with E-state index in [4.69, 9.17) is 14.2 Å². The van der Waals surface area contributed by atoms with Gasteiger partial charge in [0, 0.05) is 9.37 Å². The lowest BCUT2D eigenvalue weighted by molar-refractivity contribution is -0.131. The number of halogens is 1. The van der Waals surface area contributed by atoms with E-state index in [1.807, 2.05) is 24.3 Å². The Morgan fingerprint density at radius 1 is 1.05 bits per heavy atom. The van der Waals surface area contributed by atoms with Crippen LogP contribution in [0.2, 0.25) is 0 Å². The SMILES string of the molecule is COc1cccc(OC)c1OC(=O)CSc1ccc(Br)cc1. The van der Waals surface area contributed by atoms with E-state index < -0.39 is 0 Å². The lowest BCUT2D eigenvalue weighted by Crippen LogP contribution is -2.12. The van der Waals surface area contributed by atoms with Gasteiger partial charge in [-0.3, -0.25) is 4.79 Å². The molecule has 0 spiro atoms. The first-order chi connectivity index (χ1) is 10.6. The highest BCUT2D eigenvalue weighted by atomic mass is 79.9. The molecule has 0 aliphatic heterocycles. The molecule has 4 nitrogen and oxygen atoms in total. The molecule has 0 aromatic heterocycles. The average Bonchev–Trinajstić information content (AvgIpc) is 2.54. The molecule has 2 rings (SSSR count). The van der Waals surface area contributed by atoms with Crippen molar-refractivity contribution in [2.24, 2.45) is 0 Å². The standard InChI is InChI=1S/C16H15BrO4S/c1-19-13-4-3-5-14(20-2)16(13)21-15(18)10-22-12-8-6-11(17)7-9-12/h3-9H,10H2,1-2H3. The van der Waals surface area contributed by atoms with Crippen LogP contribution in [0.5, 0.6) is 17.2 Å². The summed E-state index contributed by atoms with van der Waals surface area (Å²) in [7, 11) is 3.03. The summed E-state index contributed by atoms with van der Waals surface area (Å²) in [5, 5.41) is 0. The highest BCUT2D eigenvalue weighted by Gasteiger charge is 2.15. The molecular weight excluding hydrogens is 368 g/mol. The fraction of sp³-hybridized carbons (Fsp3) is 0.188. The first kappa shape index (κ1) is 16.7. The normalized spacial score (nSPS) is 10.1. The number of hydrogen-bond acceptors (Lipinski definition) is 5. The average molecular weight is 383 g/mol. The Bertz CT molecular complexity index is 621. The first-order valence-electron chi connectivity index (χ1n) is 6.44. The zero-order valence-electron chi connectivity index (χ0n) is 12.2. The molecule has 0 aliphatic carbocycles. The van der Waals surface area contributed by atoms with Crippen LogP contribution < -0.4 is 14.2 Å². The largest absolute Gasteiger partial charge is 0.493 e. The number of rotatable bonds is 6. The van der Waals surface area contributed by atoms with Gasteiger partial charge in [0.2, 0.25) is 5.75 Å². The molecule has 0 saturated carbocycles. The van der Waals surface area contributed by atoms with Gasteiger partial charge in [0.1, 0.15) is 0 Å². The summed E-state index contributed by atoms with van der Waals surface area (Å²) in [6.07, 6.45) is 0. The molecule has 0 heterocycles. The predicted molar refractivity (Wildman–Crippen MR) is 90.0 cm³/mol. The number of hydrogen-bond donors (Lipinski definition) is 0. The summed E-state index contributed by atoms with van der Waals surface area (Å²) >= 11 is 4.78. The van der Waals surface area contributed by atoms with Gasteiger partial charge >= 0.3 is 5.97 Å². The Kier molecular flexibility index (Phi) is 6.15. The summed E-state index contributed by atoms with van der Waals surface area (Å²) in [4.78, 5) is 13.0. The number of carbonyl (C=O) groups excluding carboxylic acids is 1. The zero-order chi connectivity index (χ0) is 15.9. The number of para-hydroxylation sites is 1. The quantitative estimate of drug-likeness (QED) is 0.426. The van der Waals surface area contributed by atoms with Crippen molar-refractivity contribution in [3.8, 4) is 17.2 Å². The molecule has 22 heavy (non-hydrogen) atoms. The van der Waals surface area contributed by atoms with Gasteiger partial charge < -0.3 is 14.2 Å². The molecule has 0 bridgehead atoms. The van der Waals surface area contributed by atoms with Gasteiger partial charge in [0.15, 0.2) is 11.5 Å². The molecule has 0 N–H and O–H groups in total. The maximum absolute atomic E-state index is 12.0. The van der Waals surface area contributed by atoms with Gasteiger partial charge in [-0.15, -0.1) is 11.8 Å². The Hall–Kier alpha value is -1.66. The van der Waals surface area contributed by atoms with Crippen LogP contribution in [-0.4, -0.2) is 25.9 Å². The van der Waals surface area contributed by atoms with Crippen LogP contribution in [0, 0.1) is 0 Å². The second kappa shape index (κ2) is 8.10. The molecule has 0 aliphatic rings. The lowest BCUT2D eigenvalue weighted by Gasteiger charge is -2.12. The van der Waals surface area contributed by atoms with Crippen molar-refractivity contribution in [1.29, 1.82) is 0 Å². The summed E-state index contributed by atoms with van der Waals surface area (Å²) in [5.41, 5.74) is 0. The van der Waals surface area contributed by atoms with Crippen molar-refractivity contribution >= 4 is 33.7 Å². The lowest BCUT2D eigenvalue weighted by atomic mass is 10.3. The molecule has 2 aromatic carbocycles. The number of carbonyl (C=O) groups is 1. The third-order valence-electron chi connectivity index (χ3n) is 2.77. The van der Waals surface area contributed by atoms with Crippen LogP contribution >= 0.6 is 27.7 Å². The number of esters is 1. The molecule has 0 amide bonds. The van der Waals surface area contributed by atoms with Crippen LogP contribution in [0.1, 0.15) is 0 Å². The molecule has 116 valence electrons. The van der Waals surface area contributed by atoms with Crippen LogP contribution in [-0.2, 0) is 4.79 Å². The summed E-state index contributed by atoms with van der Waals surface area (Å²) in [6.45, 7) is 0. The van der Waals surface area contributed by atoms with E-state index in [-0.39, 0.29) is 11.7 Å². The Balaban J connectivity index is 2.01. The monoisotopic (exact) mass is 382 g/mol. The van der Waals surface area contributed by atoms with Gasteiger partial charge in [-0.05, 0) is 36.4 Å². The van der Waals surface area contributed by atoms with Crippen molar-refractivity contribution in [1.82, 2.24) is 0 Å². The van der Waals surface area contributed by atoms with Crippen molar-refractivity contribution in [3.63, 3.8) is 0 Å². The van der Waals surface area contributed by atoms with E-state index in [9.17, 15) is 4.79 Å². The minimum atomic E-state index is -0.365. The minimum Gasteiger partial charge on any atom is -0.493 e. The van der Waals surface area contributed by atoms with E-state index in [0.717, 1.165) is 9.37 Å². The molecule has 2 aromatic rings. The zero-order valence-corrected chi connectivity index (χ0v) is 14.6. The number of benzene rings is 2. The Morgan fingerprint density at radius 2 is 1.64 bits per heavy atom. The molecule has 0 fully saturated rings. The summed E-state index contributed by atoms with van der Waals surface area (Å²) in [5.74, 6) is 1.05. The number of methoxy groups -OCH3 is 2. The van der Waals surface area contributed by atoms with Gasteiger partial charge in [-0.1, -0.05) is 22.0 Å². The Labute approximate surface area is 141 Å². The fourth-order valence-electron chi connectivity index (χ4n) is 1.73. The third kappa shape index (κ3) is 4.42. The van der Waals surface area contributed by atoms with Crippen molar-refractivity contribution in [3.05, 3.63) is 46.9 Å². The number of ether oxygens (including phenoxy) is 3. The first-order valence-corrected chi connectivity index (χ1v) is 8.22. The van der Waals surface area contributed by atoms with Gasteiger partial charge in [0.25, 0.3) is 0 Å². The maximum Gasteiger partial charge on any atom is 0.321 e.